The van der Waals surface area contributed by atoms with E-state index in [1.54, 1.807) is 17.0 Å². The molecule has 6 nitrogen and oxygen atoms in total. The summed E-state index contributed by atoms with van der Waals surface area (Å²) in [6.07, 6.45) is 0.164. The molecule has 1 aromatic rings. The van der Waals surface area contributed by atoms with Gasteiger partial charge in [0.25, 0.3) is 5.91 Å². The van der Waals surface area contributed by atoms with Crippen LogP contribution in [-0.4, -0.2) is 56.4 Å². The van der Waals surface area contributed by atoms with Gasteiger partial charge in [-0.05, 0) is 18.6 Å². The number of aliphatic hydroxyl groups is 1. The van der Waals surface area contributed by atoms with Crippen molar-refractivity contribution in [2.75, 3.05) is 34.4 Å². The van der Waals surface area contributed by atoms with Gasteiger partial charge < -0.3 is 24.2 Å². The highest BCUT2D eigenvalue weighted by Gasteiger charge is 2.27. The molecule has 0 aliphatic carbocycles. The van der Waals surface area contributed by atoms with Gasteiger partial charge in [0.05, 0.1) is 27.4 Å². The molecule has 0 spiro atoms. The van der Waals surface area contributed by atoms with Gasteiger partial charge in [-0.25, -0.2) is 0 Å². The average molecular weight is 281 g/mol. The fourth-order valence-corrected chi connectivity index (χ4v) is 2.31. The van der Waals surface area contributed by atoms with Gasteiger partial charge in [0.2, 0.25) is 5.75 Å². The number of carbonyl (C=O) groups excluding carboxylic acids is 1. The summed E-state index contributed by atoms with van der Waals surface area (Å²) in [6, 6.07) is 3.24. The third-order valence-electron chi connectivity index (χ3n) is 3.36. The standard InChI is InChI=1S/C14H19NO5/c1-18-11-6-9(7-12(19-2)13(11)20-3)14(17)15-5-4-10(16)8-15/h6-7,10,16H,4-5,8H2,1-3H3/t10-/m1/s1. The second-order valence-corrected chi connectivity index (χ2v) is 4.61. The molecule has 0 aromatic heterocycles. The summed E-state index contributed by atoms with van der Waals surface area (Å²) in [4.78, 5) is 14.0. The number of rotatable bonds is 4. The Morgan fingerprint density at radius 3 is 2.20 bits per heavy atom. The van der Waals surface area contributed by atoms with Crippen molar-refractivity contribution in [3.8, 4) is 17.2 Å². The lowest BCUT2D eigenvalue weighted by Crippen LogP contribution is -2.29. The Hall–Kier alpha value is -1.95. The van der Waals surface area contributed by atoms with Gasteiger partial charge in [-0.15, -0.1) is 0 Å². The Kier molecular flexibility index (Phi) is 4.34. The van der Waals surface area contributed by atoms with Gasteiger partial charge >= 0.3 is 0 Å². The molecule has 0 radical (unpaired) electrons. The topological polar surface area (TPSA) is 68.2 Å². The first kappa shape index (κ1) is 14.5. The number of aliphatic hydroxyl groups excluding tert-OH is 1. The molecular weight excluding hydrogens is 262 g/mol. The first-order valence-corrected chi connectivity index (χ1v) is 6.38. The van der Waals surface area contributed by atoms with Crippen LogP contribution in [0.4, 0.5) is 0 Å². The van der Waals surface area contributed by atoms with Gasteiger partial charge in [0.1, 0.15) is 0 Å². The minimum absolute atomic E-state index is 0.152. The number of benzene rings is 1. The highest BCUT2D eigenvalue weighted by Crippen LogP contribution is 2.38. The largest absolute Gasteiger partial charge is 0.493 e. The first-order valence-electron chi connectivity index (χ1n) is 6.38. The van der Waals surface area contributed by atoms with Crippen molar-refractivity contribution in [3.05, 3.63) is 17.7 Å². The third kappa shape index (κ3) is 2.65. The number of hydrogen-bond donors (Lipinski definition) is 1. The number of likely N-dealkylation sites (tertiary alicyclic amines) is 1. The van der Waals surface area contributed by atoms with Crippen molar-refractivity contribution in [3.63, 3.8) is 0 Å². The van der Waals surface area contributed by atoms with Gasteiger partial charge in [0.15, 0.2) is 11.5 Å². The zero-order chi connectivity index (χ0) is 14.7. The molecule has 0 bridgehead atoms. The lowest BCUT2D eigenvalue weighted by atomic mass is 10.1. The molecule has 1 amide bonds. The lowest BCUT2D eigenvalue weighted by Gasteiger charge is -2.18. The van der Waals surface area contributed by atoms with Crippen molar-refractivity contribution < 1.29 is 24.1 Å². The monoisotopic (exact) mass is 281 g/mol. The molecule has 110 valence electrons. The third-order valence-corrected chi connectivity index (χ3v) is 3.36. The van der Waals surface area contributed by atoms with E-state index in [9.17, 15) is 9.90 Å². The molecule has 1 fully saturated rings. The smallest absolute Gasteiger partial charge is 0.254 e. The lowest BCUT2D eigenvalue weighted by molar-refractivity contribution is 0.0764. The molecule has 1 N–H and O–H groups in total. The minimum Gasteiger partial charge on any atom is -0.493 e. The van der Waals surface area contributed by atoms with Crippen LogP contribution >= 0.6 is 0 Å². The summed E-state index contributed by atoms with van der Waals surface area (Å²) >= 11 is 0. The van der Waals surface area contributed by atoms with Crippen LogP contribution in [0.2, 0.25) is 0 Å². The minimum atomic E-state index is -0.444. The van der Waals surface area contributed by atoms with E-state index < -0.39 is 6.10 Å². The molecule has 20 heavy (non-hydrogen) atoms. The Morgan fingerprint density at radius 1 is 1.20 bits per heavy atom. The van der Waals surface area contributed by atoms with Crippen molar-refractivity contribution in [1.29, 1.82) is 0 Å². The zero-order valence-corrected chi connectivity index (χ0v) is 11.9. The molecule has 1 aliphatic heterocycles. The van der Waals surface area contributed by atoms with Crippen molar-refractivity contribution in [2.45, 2.75) is 12.5 Å². The predicted octanol–water partition coefficient (Wildman–Crippen LogP) is 0.919. The highest BCUT2D eigenvalue weighted by atomic mass is 16.5. The van der Waals surface area contributed by atoms with Gasteiger partial charge in [-0.1, -0.05) is 0 Å². The van der Waals surface area contributed by atoms with E-state index in [1.807, 2.05) is 0 Å². The SMILES string of the molecule is COc1cc(C(=O)N2CC[C@@H](O)C2)cc(OC)c1OC. The summed E-state index contributed by atoms with van der Waals surface area (Å²) in [6.45, 7) is 0.909. The fraction of sp³-hybridized carbons (Fsp3) is 0.500. The van der Waals surface area contributed by atoms with Gasteiger partial charge in [-0.3, -0.25) is 4.79 Å². The Balaban J connectivity index is 2.34. The van der Waals surface area contributed by atoms with E-state index >= 15 is 0 Å². The molecular formula is C14H19NO5. The molecule has 1 atom stereocenters. The van der Waals surface area contributed by atoms with Crippen LogP contribution in [0.3, 0.4) is 0 Å². The van der Waals surface area contributed by atoms with Gasteiger partial charge in [0, 0.05) is 18.7 Å². The zero-order valence-electron chi connectivity index (χ0n) is 11.9. The summed E-state index contributed by atoms with van der Waals surface area (Å²) < 4.78 is 15.7. The normalized spacial score (nSPS) is 18.0. The number of carbonyl (C=O) groups is 1. The number of nitrogens with zero attached hydrogens (tertiary/aromatic N) is 1. The molecule has 6 heteroatoms. The van der Waals surface area contributed by atoms with Crippen molar-refractivity contribution in [2.24, 2.45) is 0 Å². The first-order chi connectivity index (χ1) is 9.60. The van der Waals surface area contributed by atoms with Crippen molar-refractivity contribution >= 4 is 5.91 Å². The predicted molar refractivity (Wildman–Crippen MR) is 72.6 cm³/mol. The maximum absolute atomic E-state index is 12.4. The fourth-order valence-electron chi connectivity index (χ4n) is 2.31. The van der Waals surface area contributed by atoms with E-state index in [4.69, 9.17) is 14.2 Å². The Bertz CT molecular complexity index is 477. The van der Waals surface area contributed by atoms with Crippen LogP contribution in [-0.2, 0) is 0 Å². The molecule has 1 saturated heterocycles. The second kappa shape index (κ2) is 6.00. The highest BCUT2D eigenvalue weighted by molar-refractivity contribution is 5.95. The Labute approximate surface area is 117 Å². The molecule has 1 aliphatic rings. The van der Waals surface area contributed by atoms with E-state index in [0.717, 1.165) is 0 Å². The van der Waals surface area contributed by atoms with Crippen LogP contribution in [0.1, 0.15) is 16.8 Å². The van der Waals surface area contributed by atoms with Crippen LogP contribution in [0.15, 0.2) is 12.1 Å². The molecule has 0 unspecified atom stereocenters. The number of β-amino-alcohol motifs (C(OH)–C–C–N with tert-alkyl or cyclic N) is 1. The summed E-state index contributed by atoms with van der Waals surface area (Å²) in [5.74, 6) is 1.18. The van der Waals surface area contributed by atoms with Gasteiger partial charge in [-0.2, -0.15) is 0 Å². The summed E-state index contributed by atoms with van der Waals surface area (Å²) in [7, 11) is 4.52. The van der Waals surface area contributed by atoms with E-state index in [1.165, 1.54) is 21.3 Å². The van der Waals surface area contributed by atoms with Crippen LogP contribution in [0.5, 0.6) is 17.2 Å². The summed E-state index contributed by atoms with van der Waals surface area (Å²) in [5.41, 5.74) is 0.452. The van der Waals surface area contributed by atoms with Crippen LogP contribution in [0, 0.1) is 0 Å². The molecule has 1 aromatic carbocycles. The van der Waals surface area contributed by atoms with Crippen molar-refractivity contribution in [1.82, 2.24) is 4.90 Å². The average Bonchev–Trinajstić information content (AvgIpc) is 2.91. The maximum Gasteiger partial charge on any atom is 0.254 e. The Morgan fingerprint density at radius 2 is 1.80 bits per heavy atom. The summed E-state index contributed by atoms with van der Waals surface area (Å²) in [5, 5.41) is 9.52. The molecule has 0 saturated carbocycles. The van der Waals surface area contributed by atoms with E-state index in [0.29, 0.717) is 42.3 Å². The number of ether oxygens (including phenoxy) is 3. The number of methoxy groups -OCH3 is 3. The van der Waals surface area contributed by atoms with E-state index in [2.05, 4.69) is 0 Å². The van der Waals surface area contributed by atoms with Crippen LogP contribution in [0.25, 0.3) is 0 Å². The number of amides is 1. The molecule has 1 heterocycles. The quantitative estimate of drug-likeness (QED) is 0.889. The number of hydrogen-bond acceptors (Lipinski definition) is 5. The second-order valence-electron chi connectivity index (χ2n) is 4.61. The van der Waals surface area contributed by atoms with Crippen LogP contribution < -0.4 is 14.2 Å². The molecule has 2 rings (SSSR count). The maximum atomic E-state index is 12.4. The van der Waals surface area contributed by atoms with E-state index in [-0.39, 0.29) is 5.91 Å².